The molecule has 3 rings (SSSR count). The fourth-order valence-corrected chi connectivity index (χ4v) is 2.68. The minimum absolute atomic E-state index is 0.216. The van der Waals surface area contributed by atoms with Crippen LogP contribution in [0.25, 0.3) is 0 Å². The summed E-state index contributed by atoms with van der Waals surface area (Å²) < 4.78 is 5.05. The lowest BCUT2D eigenvalue weighted by Gasteiger charge is -2.12. The van der Waals surface area contributed by atoms with E-state index >= 15 is 0 Å². The average molecular weight is 403 g/mol. The Bertz CT molecular complexity index is 1060. The number of methoxy groups -OCH3 is 1. The molecular weight excluding hydrogens is 382 g/mol. The molecule has 0 heterocycles. The second-order valence-electron chi connectivity index (χ2n) is 6.50. The van der Waals surface area contributed by atoms with E-state index in [0.29, 0.717) is 22.6 Å². The summed E-state index contributed by atoms with van der Waals surface area (Å²) in [6.07, 6.45) is 0. The van der Waals surface area contributed by atoms with Crippen LogP contribution in [0.1, 0.15) is 36.6 Å². The molecule has 0 aliphatic rings. The Morgan fingerprint density at radius 1 is 0.700 bits per heavy atom. The molecule has 0 aromatic heterocycles. The van der Waals surface area contributed by atoms with E-state index in [2.05, 4.69) is 16.2 Å². The summed E-state index contributed by atoms with van der Waals surface area (Å²) in [6.45, 7) is 1.93. The van der Waals surface area contributed by atoms with Crippen LogP contribution in [-0.2, 0) is 0 Å². The Labute approximate surface area is 174 Å². The van der Waals surface area contributed by atoms with Crippen LogP contribution in [0.15, 0.2) is 72.8 Å². The average Bonchev–Trinajstić information content (AvgIpc) is 2.78. The largest absolute Gasteiger partial charge is 0.497 e. The summed E-state index contributed by atoms with van der Waals surface area (Å²) in [5.41, 5.74) is 7.15. The van der Waals surface area contributed by atoms with Gasteiger partial charge in [-0.3, -0.25) is 25.2 Å². The van der Waals surface area contributed by atoms with Gasteiger partial charge in [-0.05, 0) is 55.5 Å². The second kappa shape index (κ2) is 9.38. The SMILES string of the molecule is COc1ccc(C(=O)NNC(=O)c2ccccc2NC(=O)c2ccc(C)cc2)cc1. The predicted molar refractivity (Wildman–Crippen MR) is 114 cm³/mol. The van der Waals surface area contributed by atoms with Crippen LogP contribution in [0.5, 0.6) is 5.75 Å². The van der Waals surface area contributed by atoms with Crippen LogP contribution >= 0.6 is 0 Å². The van der Waals surface area contributed by atoms with Gasteiger partial charge in [0.25, 0.3) is 17.7 Å². The van der Waals surface area contributed by atoms with Gasteiger partial charge in [0.05, 0.1) is 18.4 Å². The van der Waals surface area contributed by atoms with Gasteiger partial charge in [0, 0.05) is 11.1 Å². The molecule has 3 amide bonds. The molecule has 7 heteroatoms. The van der Waals surface area contributed by atoms with Gasteiger partial charge in [-0.25, -0.2) is 0 Å². The third-order valence-electron chi connectivity index (χ3n) is 4.38. The highest BCUT2D eigenvalue weighted by Gasteiger charge is 2.15. The first kappa shape index (κ1) is 20.6. The highest BCUT2D eigenvalue weighted by Crippen LogP contribution is 2.16. The Morgan fingerprint density at radius 2 is 1.27 bits per heavy atom. The Balaban J connectivity index is 1.66. The van der Waals surface area contributed by atoms with E-state index in [1.807, 2.05) is 19.1 Å². The number of carbonyl (C=O) groups is 3. The molecule has 152 valence electrons. The van der Waals surface area contributed by atoms with E-state index in [-0.39, 0.29) is 11.5 Å². The fourth-order valence-electron chi connectivity index (χ4n) is 2.68. The van der Waals surface area contributed by atoms with E-state index in [9.17, 15) is 14.4 Å². The number of anilines is 1. The molecule has 0 atom stereocenters. The normalized spacial score (nSPS) is 10.1. The highest BCUT2D eigenvalue weighted by molar-refractivity contribution is 6.09. The molecule has 7 nitrogen and oxygen atoms in total. The van der Waals surface area contributed by atoms with Crippen LogP contribution in [0.4, 0.5) is 5.69 Å². The van der Waals surface area contributed by atoms with Crippen molar-refractivity contribution in [3.05, 3.63) is 95.1 Å². The van der Waals surface area contributed by atoms with E-state index < -0.39 is 11.8 Å². The second-order valence-corrected chi connectivity index (χ2v) is 6.50. The topological polar surface area (TPSA) is 96.5 Å². The smallest absolute Gasteiger partial charge is 0.271 e. The molecule has 3 aromatic rings. The zero-order valence-corrected chi connectivity index (χ0v) is 16.6. The molecule has 0 bridgehead atoms. The van der Waals surface area contributed by atoms with Crippen LogP contribution in [-0.4, -0.2) is 24.8 Å². The van der Waals surface area contributed by atoms with Crippen molar-refractivity contribution in [1.82, 2.24) is 10.9 Å². The third-order valence-corrected chi connectivity index (χ3v) is 4.38. The van der Waals surface area contributed by atoms with Crippen LogP contribution < -0.4 is 20.9 Å². The predicted octanol–water partition coefficient (Wildman–Crippen LogP) is 3.33. The summed E-state index contributed by atoms with van der Waals surface area (Å²) in [7, 11) is 1.53. The van der Waals surface area contributed by atoms with Gasteiger partial charge in [0.15, 0.2) is 0 Å². The van der Waals surface area contributed by atoms with Crippen LogP contribution in [0.2, 0.25) is 0 Å². The van der Waals surface area contributed by atoms with E-state index in [1.54, 1.807) is 60.7 Å². The molecule has 0 unspecified atom stereocenters. The number of benzene rings is 3. The molecular formula is C23H21N3O4. The lowest BCUT2D eigenvalue weighted by Crippen LogP contribution is -2.41. The maximum Gasteiger partial charge on any atom is 0.271 e. The van der Waals surface area contributed by atoms with Crippen molar-refractivity contribution in [2.75, 3.05) is 12.4 Å². The summed E-state index contributed by atoms with van der Waals surface area (Å²) in [5, 5.41) is 2.73. The van der Waals surface area contributed by atoms with Gasteiger partial charge in [-0.15, -0.1) is 0 Å². The Hall–Kier alpha value is -4.13. The standard InChI is InChI=1S/C23H21N3O4/c1-15-7-9-16(10-8-15)21(27)24-20-6-4-3-5-19(20)23(29)26-25-22(28)17-11-13-18(30-2)14-12-17/h3-14H,1-2H3,(H,24,27)(H,25,28)(H,26,29). The number of hydrogen-bond acceptors (Lipinski definition) is 4. The number of ether oxygens (including phenoxy) is 1. The Kier molecular flexibility index (Phi) is 6.44. The first-order chi connectivity index (χ1) is 14.5. The number of aryl methyl sites for hydroxylation is 1. The molecule has 0 aliphatic carbocycles. The number of rotatable bonds is 5. The zero-order valence-electron chi connectivity index (χ0n) is 16.6. The molecule has 3 aromatic carbocycles. The van der Waals surface area contributed by atoms with Gasteiger partial charge in [-0.2, -0.15) is 0 Å². The van der Waals surface area contributed by atoms with E-state index in [4.69, 9.17) is 4.74 Å². The van der Waals surface area contributed by atoms with Crippen molar-refractivity contribution < 1.29 is 19.1 Å². The minimum atomic E-state index is -0.559. The van der Waals surface area contributed by atoms with Gasteiger partial charge in [0.1, 0.15) is 5.75 Å². The van der Waals surface area contributed by atoms with Crippen molar-refractivity contribution in [3.8, 4) is 5.75 Å². The summed E-state index contributed by atoms with van der Waals surface area (Å²) >= 11 is 0. The van der Waals surface area contributed by atoms with Gasteiger partial charge in [0.2, 0.25) is 0 Å². The molecule has 3 N–H and O–H groups in total. The molecule has 0 spiro atoms. The molecule has 0 radical (unpaired) electrons. The van der Waals surface area contributed by atoms with Crippen LogP contribution in [0.3, 0.4) is 0 Å². The number of hydrazine groups is 1. The van der Waals surface area contributed by atoms with E-state index in [1.165, 1.54) is 7.11 Å². The minimum Gasteiger partial charge on any atom is -0.497 e. The van der Waals surface area contributed by atoms with Gasteiger partial charge < -0.3 is 10.1 Å². The molecule has 0 aliphatic heterocycles. The van der Waals surface area contributed by atoms with Crippen molar-refractivity contribution in [1.29, 1.82) is 0 Å². The van der Waals surface area contributed by atoms with Gasteiger partial charge in [-0.1, -0.05) is 29.8 Å². The summed E-state index contributed by atoms with van der Waals surface area (Å²) in [6, 6.07) is 20.1. The monoisotopic (exact) mass is 403 g/mol. The third kappa shape index (κ3) is 5.02. The highest BCUT2D eigenvalue weighted by atomic mass is 16.5. The first-order valence-corrected chi connectivity index (χ1v) is 9.19. The quantitative estimate of drug-likeness (QED) is 0.570. The number of nitrogens with one attached hydrogen (secondary N) is 3. The van der Waals surface area contributed by atoms with Crippen molar-refractivity contribution in [2.24, 2.45) is 0 Å². The molecule has 30 heavy (non-hydrogen) atoms. The number of hydrogen-bond donors (Lipinski definition) is 3. The summed E-state index contributed by atoms with van der Waals surface area (Å²) in [4.78, 5) is 37.3. The molecule has 0 saturated heterocycles. The zero-order chi connectivity index (χ0) is 21.5. The van der Waals surface area contributed by atoms with Crippen LogP contribution in [0, 0.1) is 6.92 Å². The molecule has 0 saturated carbocycles. The Morgan fingerprint density at radius 3 is 1.93 bits per heavy atom. The van der Waals surface area contributed by atoms with Crippen molar-refractivity contribution in [2.45, 2.75) is 6.92 Å². The summed E-state index contributed by atoms with van der Waals surface area (Å²) in [5.74, 6) is -0.754. The maximum atomic E-state index is 12.6. The van der Waals surface area contributed by atoms with Crippen molar-refractivity contribution >= 4 is 23.4 Å². The number of para-hydroxylation sites is 1. The lowest BCUT2D eigenvalue weighted by atomic mass is 10.1. The first-order valence-electron chi connectivity index (χ1n) is 9.19. The number of amides is 3. The van der Waals surface area contributed by atoms with Gasteiger partial charge >= 0.3 is 0 Å². The number of carbonyl (C=O) groups excluding carboxylic acids is 3. The molecule has 0 fully saturated rings. The van der Waals surface area contributed by atoms with Crippen molar-refractivity contribution in [3.63, 3.8) is 0 Å². The van der Waals surface area contributed by atoms with E-state index in [0.717, 1.165) is 5.56 Å². The maximum absolute atomic E-state index is 12.6. The lowest BCUT2D eigenvalue weighted by molar-refractivity contribution is 0.0847. The fraction of sp³-hybridized carbons (Fsp3) is 0.0870.